The van der Waals surface area contributed by atoms with Crippen molar-refractivity contribution in [2.75, 3.05) is 18.5 Å². The van der Waals surface area contributed by atoms with Gasteiger partial charge in [-0.3, -0.25) is 9.36 Å². The Morgan fingerprint density at radius 3 is 2.83 bits per heavy atom. The number of hydrogen-bond acceptors (Lipinski definition) is 4. The van der Waals surface area contributed by atoms with Gasteiger partial charge in [-0.05, 0) is 42.5 Å². The van der Waals surface area contributed by atoms with E-state index in [1.807, 2.05) is 25.2 Å². The number of aromatic nitrogens is 2. The summed E-state index contributed by atoms with van der Waals surface area (Å²) < 4.78 is 1.67. The molecule has 5 heteroatoms. The number of anilines is 1. The van der Waals surface area contributed by atoms with Gasteiger partial charge in [0.25, 0.3) is 5.56 Å². The van der Waals surface area contributed by atoms with Gasteiger partial charge >= 0.3 is 0 Å². The highest BCUT2D eigenvalue weighted by Crippen LogP contribution is 2.36. The monoisotopic (exact) mass is 400 g/mol. The summed E-state index contributed by atoms with van der Waals surface area (Å²) in [5.74, 6) is 0. The van der Waals surface area contributed by atoms with Crippen LogP contribution >= 0.6 is 0 Å². The maximum absolute atomic E-state index is 13.5. The first-order valence-corrected chi connectivity index (χ1v) is 10.7. The lowest BCUT2D eigenvalue weighted by molar-refractivity contribution is 0.0735. The number of aliphatic hydroxyl groups is 1. The lowest BCUT2D eigenvalue weighted by atomic mass is 9.91. The summed E-state index contributed by atoms with van der Waals surface area (Å²) >= 11 is 0. The standard InChI is InChI=1S/C25H26N3O2/c1-27-13-7-10-19-18(14-17-8-3-2-4-9-17)15-20-23(24(19)27)26-16-28(25(20)30)21-11-5-6-12-22(21)29/h3-4,7-10,15-16,21-22,29H,5-6,11-14H2,1H3/t21-,22-/m0/s1. The zero-order valence-corrected chi connectivity index (χ0v) is 17.2. The number of hydrogen-bond donors (Lipinski definition) is 1. The van der Waals surface area contributed by atoms with Crippen molar-refractivity contribution in [3.63, 3.8) is 0 Å². The Hall–Kier alpha value is -2.92. The topological polar surface area (TPSA) is 58.4 Å². The molecule has 1 fully saturated rings. The van der Waals surface area contributed by atoms with Gasteiger partial charge in [-0.25, -0.2) is 4.98 Å². The van der Waals surface area contributed by atoms with Crippen LogP contribution in [0.4, 0.5) is 5.69 Å². The molecule has 0 spiro atoms. The number of rotatable bonds is 3. The third-order valence-corrected chi connectivity index (χ3v) is 6.45. The third kappa shape index (κ3) is 3.23. The van der Waals surface area contributed by atoms with E-state index in [-0.39, 0.29) is 11.6 Å². The van der Waals surface area contributed by atoms with Crippen LogP contribution in [0.25, 0.3) is 17.0 Å². The van der Waals surface area contributed by atoms with E-state index >= 15 is 0 Å². The molecule has 30 heavy (non-hydrogen) atoms. The molecule has 2 atom stereocenters. The molecule has 3 aromatic rings. The molecule has 1 aromatic heterocycles. The van der Waals surface area contributed by atoms with Crippen molar-refractivity contribution < 1.29 is 5.11 Å². The molecule has 0 amide bonds. The van der Waals surface area contributed by atoms with E-state index in [1.54, 1.807) is 10.9 Å². The van der Waals surface area contributed by atoms with E-state index in [0.717, 1.165) is 61.0 Å². The van der Waals surface area contributed by atoms with Gasteiger partial charge in [-0.1, -0.05) is 49.3 Å². The quantitative estimate of drug-likeness (QED) is 0.728. The van der Waals surface area contributed by atoms with E-state index in [4.69, 9.17) is 4.98 Å². The molecule has 1 aliphatic carbocycles. The Morgan fingerprint density at radius 2 is 2.03 bits per heavy atom. The second-order valence-corrected chi connectivity index (χ2v) is 8.44. The minimum absolute atomic E-state index is 0.0562. The van der Waals surface area contributed by atoms with Crippen LogP contribution in [0.2, 0.25) is 0 Å². The van der Waals surface area contributed by atoms with Crippen molar-refractivity contribution in [2.24, 2.45) is 0 Å². The van der Waals surface area contributed by atoms with Crippen molar-refractivity contribution in [3.05, 3.63) is 75.8 Å². The highest BCUT2D eigenvalue weighted by Gasteiger charge is 2.27. The molecular weight excluding hydrogens is 374 g/mol. The summed E-state index contributed by atoms with van der Waals surface area (Å²) in [7, 11) is 2.04. The first kappa shape index (κ1) is 19.1. The van der Waals surface area contributed by atoms with Gasteiger partial charge in [-0.2, -0.15) is 0 Å². The normalized spacial score (nSPS) is 21.1. The Balaban J connectivity index is 1.71. The zero-order valence-electron chi connectivity index (χ0n) is 17.2. The second kappa shape index (κ2) is 7.73. The molecule has 2 aromatic carbocycles. The second-order valence-electron chi connectivity index (χ2n) is 8.44. The van der Waals surface area contributed by atoms with Gasteiger partial charge in [0.15, 0.2) is 0 Å². The summed E-state index contributed by atoms with van der Waals surface area (Å²) in [6, 6.07) is 12.9. The lowest BCUT2D eigenvalue weighted by Gasteiger charge is -2.30. The SMILES string of the molecule is CN1CC=Cc2c(Cc3cc[c]cc3)cc3c(=O)n([C@H]4CCCC[C@@H]4O)cnc3c21. The van der Waals surface area contributed by atoms with Crippen molar-refractivity contribution in [1.82, 2.24) is 9.55 Å². The summed E-state index contributed by atoms with van der Waals surface area (Å²) in [5, 5.41) is 11.1. The Kier molecular flexibility index (Phi) is 4.91. The zero-order chi connectivity index (χ0) is 20.7. The Bertz CT molecular complexity index is 1170. The smallest absolute Gasteiger partial charge is 0.261 e. The van der Waals surface area contributed by atoms with Gasteiger partial charge < -0.3 is 10.0 Å². The minimum atomic E-state index is -0.487. The fourth-order valence-electron chi connectivity index (χ4n) is 4.88. The van der Waals surface area contributed by atoms with Crippen LogP contribution in [0.3, 0.4) is 0 Å². The Morgan fingerprint density at radius 1 is 1.23 bits per heavy atom. The van der Waals surface area contributed by atoms with E-state index in [9.17, 15) is 9.90 Å². The van der Waals surface area contributed by atoms with Crippen LogP contribution < -0.4 is 10.5 Å². The highest BCUT2D eigenvalue weighted by molar-refractivity contribution is 5.97. The van der Waals surface area contributed by atoms with Gasteiger partial charge in [0.2, 0.25) is 0 Å². The predicted octanol–water partition coefficient (Wildman–Crippen LogP) is 3.73. The molecule has 0 unspecified atom stereocenters. The number of nitrogens with zero attached hydrogens (tertiary/aromatic N) is 3. The highest BCUT2D eigenvalue weighted by atomic mass is 16.3. The molecule has 1 saturated carbocycles. The largest absolute Gasteiger partial charge is 0.391 e. The summed E-state index contributed by atoms with van der Waals surface area (Å²) in [6.07, 6.45) is 9.79. The molecular formula is C25H26N3O2. The Labute approximate surface area is 176 Å². The number of aliphatic hydroxyl groups excluding tert-OH is 1. The first-order valence-electron chi connectivity index (χ1n) is 10.7. The number of likely N-dealkylation sites (N-methyl/N-ethyl adjacent to an activating group) is 1. The van der Waals surface area contributed by atoms with Crippen molar-refractivity contribution in [3.8, 4) is 0 Å². The molecule has 1 aliphatic heterocycles. The molecule has 2 aliphatic rings. The average Bonchev–Trinajstić information content (AvgIpc) is 2.76. The first-order chi connectivity index (χ1) is 14.6. The van der Waals surface area contributed by atoms with Gasteiger partial charge in [0, 0.05) is 19.2 Å². The van der Waals surface area contributed by atoms with Crippen LogP contribution in [-0.4, -0.2) is 34.4 Å². The van der Waals surface area contributed by atoms with Crippen LogP contribution in [0, 0.1) is 6.07 Å². The van der Waals surface area contributed by atoms with Crippen molar-refractivity contribution >= 4 is 22.7 Å². The molecule has 2 heterocycles. The van der Waals surface area contributed by atoms with Crippen molar-refractivity contribution in [1.29, 1.82) is 0 Å². The lowest BCUT2D eigenvalue weighted by Crippen LogP contribution is -2.35. The summed E-state index contributed by atoms with van der Waals surface area (Å²) in [5.41, 5.74) is 5.14. The van der Waals surface area contributed by atoms with E-state index < -0.39 is 6.10 Å². The molecule has 0 bridgehead atoms. The molecule has 5 nitrogen and oxygen atoms in total. The average molecular weight is 401 g/mol. The third-order valence-electron chi connectivity index (χ3n) is 6.45. The number of benzene rings is 2. The van der Waals surface area contributed by atoms with Crippen LogP contribution in [0.5, 0.6) is 0 Å². The fourth-order valence-corrected chi connectivity index (χ4v) is 4.88. The molecule has 153 valence electrons. The minimum Gasteiger partial charge on any atom is -0.391 e. The fraction of sp³-hybridized carbons (Fsp3) is 0.360. The predicted molar refractivity (Wildman–Crippen MR) is 120 cm³/mol. The molecule has 1 radical (unpaired) electrons. The maximum Gasteiger partial charge on any atom is 0.261 e. The molecule has 5 rings (SSSR count). The number of fused-ring (bicyclic) bond motifs is 3. The van der Waals surface area contributed by atoms with Crippen molar-refractivity contribution in [2.45, 2.75) is 44.2 Å². The molecule has 0 saturated heterocycles. The van der Waals surface area contributed by atoms with Crippen LogP contribution in [0.15, 0.2) is 47.5 Å². The van der Waals surface area contributed by atoms with E-state index in [1.165, 1.54) is 5.56 Å². The van der Waals surface area contributed by atoms with Gasteiger partial charge in [-0.15, -0.1) is 0 Å². The maximum atomic E-state index is 13.5. The summed E-state index contributed by atoms with van der Waals surface area (Å²) in [6.45, 7) is 0.790. The van der Waals surface area contributed by atoms with Gasteiger partial charge in [0.1, 0.15) is 5.52 Å². The van der Waals surface area contributed by atoms with Crippen LogP contribution in [-0.2, 0) is 6.42 Å². The summed E-state index contributed by atoms with van der Waals surface area (Å²) in [4.78, 5) is 20.4. The van der Waals surface area contributed by atoms with Gasteiger partial charge in [0.05, 0.1) is 29.5 Å². The molecule has 1 N–H and O–H groups in total. The van der Waals surface area contributed by atoms with E-state index in [2.05, 4.69) is 35.3 Å². The van der Waals surface area contributed by atoms with E-state index in [0.29, 0.717) is 5.39 Å². The van der Waals surface area contributed by atoms with Crippen LogP contribution in [0.1, 0.15) is 48.4 Å².